The normalized spacial score (nSPS) is 19.9. The first-order valence-corrected chi connectivity index (χ1v) is 9.23. The second-order valence-corrected chi connectivity index (χ2v) is 7.21. The van der Waals surface area contributed by atoms with Gasteiger partial charge in [0.2, 0.25) is 5.91 Å². The number of rotatable bonds is 8. The Hall–Kier alpha value is -1.74. The molecule has 1 aliphatic rings. The number of carbonyl (C=O) groups excluding carboxylic acids is 1. The molecule has 0 saturated heterocycles. The molecule has 0 unspecified atom stereocenters. The Kier molecular flexibility index (Phi) is 6.94. The molecule has 1 aliphatic carbocycles. The van der Waals surface area contributed by atoms with Gasteiger partial charge in [0, 0.05) is 17.0 Å². The number of hydrogen-bond donors (Lipinski definition) is 2. The summed E-state index contributed by atoms with van der Waals surface area (Å²) in [5, 5.41) is 11.7. The Morgan fingerprint density at radius 1 is 1.35 bits per heavy atom. The molecule has 0 heterocycles. The van der Waals surface area contributed by atoms with Crippen LogP contribution in [0.1, 0.15) is 25.3 Å². The van der Waals surface area contributed by atoms with Crippen molar-refractivity contribution < 1.29 is 27.9 Å². The predicted octanol–water partition coefficient (Wildman–Crippen LogP) is 2.85. The smallest absolute Gasteiger partial charge is 0.416 e. The number of likely N-dealkylation sites (N-methyl/N-ethyl adjacent to an activating group) is 1. The molecule has 1 fully saturated rings. The zero-order chi connectivity index (χ0) is 19.3. The van der Waals surface area contributed by atoms with E-state index in [1.165, 1.54) is 12.1 Å². The number of aliphatic carboxylic acids is 1. The van der Waals surface area contributed by atoms with Crippen LogP contribution < -0.4 is 5.32 Å². The summed E-state index contributed by atoms with van der Waals surface area (Å²) in [6.45, 7) is 2.50. The highest BCUT2D eigenvalue weighted by atomic mass is 32.2. The molecule has 2 rings (SSSR count). The molecule has 0 aliphatic heterocycles. The maximum atomic E-state index is 12.7. The summed E-state index contributed by atoms with van der Waals surface area (Å²) < 4.78 is 38.0. The molecule has 144 valence electrons. The van der Waals surface area contributed by atoms with Gasteiger partial charge in [0.1, 0.15) is 0 Å². The molecule has 1 amide bonds. The standard InChI is InChI=1S/C17H21F3N2O3S/c1-2-22(9-16(24)25)13-7-12(8-13)21-15(23)10-26-14-5-3-4-11(6-14)17(18,19)20/h3-6,12-13H,2,7-10H2,1H3,(H,21,23)(H,24,25). The van der Waals surface area contributed by atoms with Crippen LogP contribution >= 0.6 is 11.8 Å². The van der Waals surface area contributed by atoms with Crippen molar-refractivity contribution in [3.8, 4) is 0 Å². The van der Waals surface area contributed by atoms with Crippen molar-refractivity contribution in [3.63, 3.8) is 0 Å². The van der Waals surface area contributed by atoms with Crippen molar-refractivity contribution in [2.75, 3.05) is 18.8 Å². The summed E-state index contributed by atoms with van der Waals surface area (Å²) in [6, 6.07) is 5.01. The van der Waals surface area contributed by atoms with E-state index in [0.717, 1.165) is 23.9 Å². The number of nitrogens with zero attached hydrogens (tertiary/aromatic N) is 1. The van der Waals surface area contributed by atoms with Crippen molar-refractivity contribution in [1.82, 2.24) is 10.2 Å². The van der Waals surface area contributed by atoms with Gasteiger partial charge >= 0.3 is 12.1 Å². The number of benzene rings is 1. The van der Waals surface area contributed by atoms with Crippen LogP contribution in [0.15, 0.2) is 29.2 Å². The Bertz CT molecular complexity index is 648. The number of hydrogen-bond acceptors (Lipinski definition) is 4. The summed E-state index contributed by atoms with van der Waals surface area (Å²) >= 11 is 1.06. The van der Waals surface area contributed by atoms with Crippen molar-refractivity contribution in [2.45, 2.75) is 42.9 Å². The van der Waals surface area contributed by atoms with E-state index in [9.17, 15) is 22.8 Å². The van der Waals surface area contributed by atoms with E-state index in [0.29, 0.717) is 24.3 Å². The van der Waals surface area contributed by atoms with E-state index in [-0.39, 0.29) is 30.3 Å². The first-order valence-electron chi connectivity index (χ1n) is 8.24. The lowest BCUT2D eigenvalue weighted by molar-refractivity contribution is -0.140. The third kappa shape index (κ3) is 5.91. The second kappa shape index (κ2) is 8.77. The summed E-state index contributed by atoms with van der Waals surface area (Å²) in [7, 11) is 0. The minimum absolute atomic E-state index is 0.0162. The summed E-state index contributed by atoms with van der Waals surface area (Å²) in [5.41, 5.74) is -0.733. The molecule has 2 N–H and O–H groups in total. The fourth-order valence-corrected chi connectivity index (χ4v) is 3.62. The molecule has 1 saturated carbocycles. The molecule has 0 spiro atoms. The lowest BCUT2D eigenvalue weighted by Gasteiger charge is -2.42. The maximum absolute atomic E-state index is 12.7. The fourth-order valence-electron chi connectivity index (χ4n) is 2.86. The van der Waals surface area contributed by atoms with E-state index >= 15 is 0 Å². The van der Waals surface area contributed by atoms with Gasteiger partial charge in [-0.15, -0.1) is 11.8 Å². The van der Waals surface area contributed by atoms with Gasteiger partial charge in [-0.05, 0) is 37.6 Å². The molecule has 0 bridgehead atoms. The largest absolute Gasteiger partial charge is 0.480 e. The minimum Gasteiger partial charge on any atom is -0.480 e. The SMILES string of the molecule is CCN(CC(=O)O)C1CC(NC(=O)CSc2cccc(C(F)(F)F)c2)C1. The maximum Gasteiger partial charge on any atom is 0.416 e. The second-order valence-electron chi connectivity index (χ2n) is 6.16. The Labute approximate surface area is 153 Å². The molecule has 0 aromatic heterocycles. The number of nitrogens with one attached hydrogen (secondary N) is 1. The average molecular weight is 390 g/mol. The predicted molar refractivity (Wildman–Crippen MR) is 92.0 cm³/mol. The Morgan fingerprint density at radius 2 is 2.04 bits per heavy atom. The van der Waals surface area contributed by atoms with Crippen LogP contribution in [0.4, 0.5) is 13.2 Å². The highest BCUT2D eigenvalue weighted by molar-refractivity contribution is 8.00. The van der Waals surface area contributed by atoms with Crippen molar-refractivity contribution in [3.05, 3.63) is 29.8 Å². The number of amides is 1. The van der Waals surface area contributed by atoms with Crippen LogP contribution in [0.2, 0.25) is 0 Å². The number of carbonyl (C=O) groups is 2. The lowest BCUT2D eigenvalue weighted by atomic mass is 9.85. The third-order valence-electron chi connectivity index (χ3n) is 4.27. The monoisotopic (exact) mass is 390 g/mol. The Morgan fingerprint density at radius 3 is 2.62 bits per heavy atom. The van der Waals surface area contributed by atoms with E-state index in [4.69, 9.17) is 5.11 Å². The van der Waals surface area contributed by atoms with Crippen molar-refractivity contribution >= 4 is 23.6 Å². The zero-order valence-electron chi connectivity index (χ0n) is 14.3. The van der Waals surface area contributed by atoms with Gasteiger partial charge in [-0.2, -0.15) is 13.2 Å². The average Bonchev–Trinajstić information content (AvgIpc) is 2.53. The number of alkyl halides is 3. The highest BCUT2D eigenvalue weighted by Gasteiger charge is 2.34. The summed E-state index contributed by atoms with van der Waals surface area (Å²) in [5.74, 6) is -1.08. The van der Waals surface area contributed by atoms with Crippen molar-refractivity contribution in [1.29, 1.82) is 0 Å². The minimum atomic E-state index is -4.40. The fraction of sp³-hybridized carbons (Fsp3) is 0.529. The van der Waals surface area contributed by atoms with E-state index in [1.807, 2.05) is 11.8 Å². The molecular weight excluding hydrogens is 369 g/mol. The Balaban J connectivity index is 1.75. The molecule has 0 atom stereocenters. The van der Waals surface area contributed by atoms with Gasteiger partial charge in [-0.25, -0.2) is 0 Å². The van der Waals surface area contributed by atoms with Gasteiger partial charge in [-0.1, -0.05) is 13.0 Å². The van der Waals surface area contributed by atoms with E-state index in [2.05, 4.69) is 5.32 Å². The summed E-state index contributed by atoms with van der Waals surface area (Å²) in [4.78, 5) is 25.0. The lowest BCUT2D eigenvalue weighted by Crippen LogP contribution is -2.55. The molecule has 26 heavy (non-hydrogen) atoms. The van der Waals surface area contributed by atoms with Gasteiger partial charge in [0.25, 0.3) is 0 Å². The van der Waals surface area contributed by atoms with Gasteiger partial charge in [0.05, 0.1) is 17.9 Å². The molecule has 9 heteroatoms. The highest BCUT2D eigenvalue weighted by Crippen LogP contribution is 2.32. The quantitative estimate of drug-likeness (QED) is 0.668. The van der Waals surface area contributed by atoms with Crippen LogP contribution in [-0.2, 0) is 15.8 Å². The van der Waals surface area contributed by atoms with Crippen LogP contribution in [0, 0.1) is 0 Å². The molecule has 5 nitrogen and oxygen atoms in total. The first-order chi connectivity index (χ1) is 12.2. The van der Waals surface area contributed by atoms with Gasteiger partial charge in [-0.3, -0.25) is 14.5 Å². The molecule has 1 aromatic carbocycles. The molecule has 0 radical (unpaired) electrons. The van der Waals surface area contributed by atoms with Gasteiger partial charge < -0.3 is 10.4 Å². The van der Waals surface area contributed by atoms with Crippen LogP contribution in [0.3, 0.4) is 0 Å². The molecule has 1 aromatic rings. The number of thioether (sulfide) groups is 1. The first kappa shape index (κ1) is 20.6. The summed E-state index contributed by atoms with van der Waals surface area (Å²) in [6.07, 6.45) is -3.04. The van der Waals surface area contributed by atoms with Crippen molar-refractivity contribution in [2.24, 2.45) is 0 Å². The zero-order valence-corrected chi connectivity index (χ0v) is 15.1. The number of halogens is 3. The van der Waals surface area contributed by atoms with Crippen LogP contribution in [0.25, 0.3) is 0 Å². The van der Waals surface area contributed by atoms with Gasteiger partial charge in [0.15, 0.2) is 0 Å². The van der Waals surface area contributed by atoms with Crippen LogP contribution in [-0.4, -0.2) is 52.8 Å². The third-order valence-corrected chi connectivity index (χ3v) is 5.26. The number of carboxylic acids is 1. The topological polar surface area (TPSA) is 69.6 Å². The van der Waals surface area contributed by atoms with Crippen LogP contribution in [0.5, 0.6) is 0 Å². The van der Waals surface area contributed by atoms with E-state index < -0.39 is 17.7 Å². The number of carboxylic acid groups (broad SMARTS) is 1. The molecular formula is C17H21F3N2O3S. The van der Waals surface area contributed by atoms with E-state index in [1.54, 1.807) is 0 Å².